The lowest BCUT2D eigenvalue weighted by Crippen LogP contribution is -2.00. The van der Waals surface area contributed by atoms with Crippen LogP contribution in [0.5, 0.6) is 0 Å². The number of aromatic nitrogens is 2. The molecule has 82 valence electrons. The van der Waals surface area contributed by atoms with Crippen LogP contribution in [0.15, 0.2) is 30.3 Å². The van der Waals surface area contributed by atoms with E-state index in [0.29, 0.717) is 0 Å². The molecule has 0 aliphatic carbocycles. The molecule has 0 N–H and O–H groups in total. The maximum atomic E-state index is 11.1. The minimum Gasteiger partial charge on any atom is -0.295 e. The van der Waals surface area contributed by atoms with Crippen molar-refractivity contribution >= 4 is 5.78 Å². The molecule has 3 nitrogen and oxygen atoms in total. The monoisotopic (exact) mass is 214 g/mol. The Kier molecular flexibility index (Phi) is 2.60. The molecule has 1 aromatic heterocycles. The van der Waals surface area contributed by atoms with Gasteiger partial charge in [-0.2, -0.15) is 5.10 Å². The summed E-state index contributed by atoms with van der Waals surface area (Å²) in [5.74, 6) is 0.0833. The predicted molar refractivity (Wildman–Crippen MR) is 63.0 cm³/mol. The zero-order chi connectivity index (χ0) is 11.7. The molecule has 0 fully saturated rings. The van der Waals surface area contributed by atoms with Crippen molar-refractivity contribution < 1.29 is 4.79 Å². The average molecular weight is 214 g/mol. The van der Waals surface area contributed by atoms with Gasteiger partial charge in [0.25, 0.3) is 0 Å². The van der Waals surface area contributed by atoms with E-state index in [1.54, 1.807) is 6.92 Å². The van der Waals surface area contributed by atoms with Gasteiger partial charge in [0.2, 0.25) is 0 Å². The fourth-order valence-corrected chi connectivity index (χ4v) is 1.73. The molecule has 0 spiro atoms. The van der Waals surface area contributed by atoms with E-state index in [-0.39, 0.29) is 5.78 Å². The van der Waals surface area contributed by atoms with Crippen LogP contribution < -0.4 is 0 Å². The lowest BCUT2D eigenvalue weighted by atomic mass is 10.1. The first-order valence-electron chi connectivity index (χ1n) is 5.22. The van der Waals surface area contributed by atoms with Crippen molar-refractivity contribution in [3.63, 3.8) is 0 Å². The molecule has 3 heteroatoms. The SMILES string of the molecule is CC(=O)c1ccc(-n2nc(C)cc2C)cc1. The fraction of sp³-hybridized carbons (Fsp3) is 0.231. The zero-order valence-corrected chi connectivity index (χ0v) is 9.69. The second kappa shape index (κ2) is 3.93. The summed E-state index contributed by atoms with van der Waals surface area (Å²) < 4.78 is 1.87. The van der Waals surface area contributed by atoms with Crippen LogP contribution in [0, 0.1) is 13.8 Å². The third kappa shape index (κ3) is 1.89. The van der Waals surface area contributed by atoms with E-state index in [9.17, 15) is 4.79 Å². The Labute approximate surface area is 94.7 Å². The average Bonchev–Trinajstić information content (AvgIpc) is 2.58. The minimum absolute atomic E-state index is 0.0833. The Morgan fingerprint density at radius 1 is 1.19 bits per heavy atom. The first-order valence-corrected chi connectivity index (χ1v) is 5.22. The molecule has 0 amide bonds. The highest BCUT2D eigenvalue weighted by Crippen LogP contribution is 2.13. The maximum absolute atomic E-state index is 11.1. The van der Waals surface area contributed by atoms with Crippen LogP contribution in [0.4, 0.5) is 0 Å². The van der Waals surface area contributed by atoms with Crippen molar-refractivity contribution in [1.82, 2.24) is 9.78 Å². The molecule has 0 atom stereocenters. The first kappa shape index (κ1) is 10.6. The Bertz CT molecular complexity index is 523. The first-order chi connectivity index (χ1) is 7.58. The summed E-state index contributed by atoms with van der Waals surface area (Å²) >= 11 is 0. The van der Waals surface area contributed by atoms with Gasteiger partial charge in [-0.25, -0.2) is 4.68 Å². The summed E-state index contributed by atoms with van der Waals surface area (Å²) in [7, 11) is 0. The summed E-state index contributed by atoms with van der Waals surface area (Å²) in [6, 6.07) is 9.51. The van der Waals surface area contributed by atoms with E-state index in [2.05, 4.69) is 5.10 Å². The molecular formula is C13H14N2O. The molecule has 0 aliphatic rings. The number of rotatable bonds is 2. The summed E-state index contributed by atoms with van der Waals surface area (Å²) in [6.07, 6.45) is 0. The molecule has 2 aromatic rings. The van der Waals surface area contributed by atoms with Gasteiger partial charge >= 0.3 is 0 Å². The van der Waals surface area contributed by atoms with Gasteiger partial charge in [0, 0.05) is 11.3 Å². The van der Waals surface area contributed by atoms with Crippen LogP contribution in [0.1, 0.15) is 28.7 Å². The van der Waals surface area contributed by atoms with Gasteiger partial charge in [0.05, 0.1) is 11.4 Å². The van der Waals surface area contributed by atoms with E-state index in [1.807, 2.05) is 48.9 Å². The van der Waals surface area contributed by atoms with E-state index in [4.69, 9.17) is 0 Å². The third-order valence-corrected chi connectivity index (χ3v) is 2.53. The normalized spacial score (nSPS) is 10.4. The molecule has 1 aromatic carbocycles. The highest BCUT2D eigenvalue weighted by atomic mass is 16.1. The van der Waals surface area contributed by atoms with Gasteiger partial charge in [-0.15, -0.1) is 0 Å². The third-order valence-electron chi connectivity index (χ3n) is 2.53. The van der Waals surface area contributed by atoms with Gasteiger partial charge in [0.1, 0.15) is 0 Å². The number of hydrogen-bond donors (Lipinski definition) is 0. The highest BCUT2D eigenvalue weighted by Gasteiger charge is 2.04. The van der Waals surface area contributed by atoms with Crippen molar-refractivity contribution in [3.05, 3.63) is 47.3 Å². The van der Waals surface area contributed by atoms with E-state index >= 15 is 0 Å². The summed E-state index contributed by atoms with van der Waals surface area (Å²) in [5, 5.41) is 4.39. The number of nitrogens with zero attached hydrogens (tertiary/aromatic N) is 2. The number of carbonyl (C=O) groups excluding carboxylic acids is 1. The molecule has 2 rings (SSSR count). The number of benzene rings is 1. The quantitative estimate of drug-likeness (QED) is 0.720. The highest BCUT2D eigenvalue weighted by molar-refractivity contribution is 5.94. The van der Waals surface area contributed by atoms with Crippen LogP contribution in [-0.4, -0.2) is 15.6 Å². The van der Waals surface area contributed by atoms with Crippen molar-refractivity contribution in [2.24, 2.45) is 0 Å². The molecule has 0 radical (unpaired) electrons. The molecule has 16 heavy (non-hydrogen) atoms. The smallest absolute Gasteiger partial charge is 0.159 e. The number of hydrogen-bond acceptors (Lipinski definition) is 2. The van der Waals surface area contributed by atoms with E-state index < -0.39 is 0 Å². The fourth-order valence-electron chi connectivity index (χ4n) is 1.73. The van der Waals surface area contributed by atoms with Crippen molar-refractivity contribution in [1.29, 1.82) is 0 Å². The molecular weight excluding hydrogens is 200 g/mol. The van der Waals surface area contributed by atoms with Crippen LogP contribution >= 0.6 is 0 Å². The largest absolute Gasteiger partial charge is 0.295 e. The topological polar surface area (TPSA) is 34.9 Å². The van der Waals surface area contributed by atoms with Gasteiger partial charge in [-0.1, -0.05) is 0 Å². The van der Waals surface area contributed by atoms with Gasteiger partial charge in [-0.3, -0.25) is 4.79 Å². The van der Waals surface area contributed by atoms with Crippen LogP contribution in [-0.2, 0) is 0 Å². The number of aryl methyl sites for hydroxylation is 2. The molecule has 0 saturated carbocycles. The van der Waals surface area contributed by atoms with Crippen molar-refractivity contribution in [2.75, 3.05) is 0 Å². The zero-order valence-electron chi connectivity index (χ0n) is 9.69. The van der Waals surface area contributed by atoms with Crippen molar-refractivity contribution in [3.8, 4) is 5.69 Å². The lowest BCUT2D eigenvalue weighted by Gasteiger charge is -2.04. The Hall–Kier alpha value is -1.90. The van der Waals surface area contributed by atoms with Gasteiger partial charge < -0.3 is 0 Å². The van der Waals surface area contributed by atoms with Crippen molar-refractivity contribution in [2.45, 2.75) is 20.8 Å². The number of ketones is 1. The second-order valence-electron chi connectivity index (χ2n) is 3.94. The van der Waals surface area contributed by atoms with Gasteiger partial charge in [0.15, 0.2) is 5.78 Å². The minimum atomic E-state index is 0.0833. The van der Waals surface area contributed by atoms with Crippen LogP contribution in [0.25, 0.3) is 5.69 Å². The van der Waals surface area contributed by atoms with Gasteiger partial charge in [-0.05, 0) is 51.1 Å². The molecule has 0 unspecified atom stereocenters. The Morgan fingerprint density at radius 3 is 2.25 bits per heavy atom. The molecule has 0 saturated heterocycles. The Balaban J connectivity index is 2.42. The number of Topliss-reactive ketones (excluding diaryl/α,β-unsaturated/α-hetero) is 1. The van der Waals surface area contributed by atoms with E-state index in [1.165, 1.54) is 0 Å². The molecule has 0 aliphatic heterocycles. The number of carbonyl (C=O) groups is 1. The van der Waals surface area contributed by atoms with Crippen LogP contribution in [0.2, 0.25) is 0 Å². The maximum Gasteiger partial charge on any atom is 0.159 e. The molecule has 0 bridgehead atoms. The standard InChI is InChI=1S/C13H14N2O/c1-9-8-10(2)15(14-9)13-6-4-12(5-7-13)11(3)16/h4-8H,1-3H3. The second-order valence-corrected chi connectivity index (χ2v) is 3.94. The summed E-state index contributed by atoms with van der Waals surface area (Å²) in [6.45, 7) is 5.55. The lowest BCUT2D eigenvalue weighted by molar-refractivity contribution is 0.101. The predicted octanol–water partition coefficient (Wildman–Crippen LogP) is 2.69. The van der Waals surface area contributed by atoms with Crippen LogP contribution in [0.3, 0.4) is 0 Å². The summed E-state index contributed by atoms with van der Waals surface area (Å²) in [4.78, 5) is 11.1. The molecule has 1 heterocycles. The Morgan fingerprint density at radius 2 is 1.81 bits per heavy atom. The summed E-state index contributed by atoms with van der Waals surface area (Å²) in [5.41, 5.74) is 3.79. The van der Waals surface area contributed by atoms with E-state index in [0.717, 1.165) is 22.6 Å².